The van der Waals surface area contributed by atoms with E-state index in [2.05, 4.69) is 41.5 Å². The Balaban J connectivity index is 1.64. The van der Waals surface area contributed by atoms with Crippen LogP contribution in [0.4, 0.5) is 0 Å². The molecule has 3 nitrogen and oxygen atoms in total. The fourth-order valence-corrected chi connectivity index (χ4v) is 2.22. The summed E-state index contributed by atoms with van der Waals surface area (Å²) in [4.78, 5) is 14.1. The van der Waals surface area contributed by atoms with Crippen LogP contribution < -0.4 is 5.32 Å². The van der Waals surface area contributed by atoms with Gasteiger partial charge in [0.1, 0.15) is 0 Å². The van der Waals surface area contributed by atoms with E-state index in [1.807, 2.05) is 36.4 Å². The van der Waals surface area contributed by atoms with E-state index in [-0.39, 0.29) is 5.91 Å². The van der Waals surface area contributed by atoms with Gasteiger partial charge in [-0.25, -0.2) is 0 Å². The van der Waals surface area contributed by atoms with Gasteiger partial charge in [0, 0.05) is 18.7 Å². The Morgan fingerprint density at radius 1 is 1.00 bits per heavy atom. The van der Waals surface area contributed by atoms with E-state index in [4.69, 9.17) is 0 Å². The molecule has 21 heavy (non-hydrogen) atoms. The molecule has 2 rings (SSSR count). The minimum absolute atomic E-state index is 0.00122. The highest BCUT2D eigenvalue weighted by Gasteiger charge is 2.04. The fourth-order valence-electron chi connectivity index (χ4n) is 2.22. The first-order valence-corrected chi connectivity index (χ1v) is 7.31. The Kier molecular flexibility index (Phi) is 5.98. The van der Waals surface area contributed by atoms with Crippen molar-refractivity contribution < 1.29 is 4.79 Å². The van der Waals surface area contributed by atoms with Crippen molar-refractivity contribution in [3.63, 3.8) is 0 Å². The van der Waals surface area contributed by atoms with Crippen LogP contribution >= 0.6 is 0 Å². The second-order valence-corrected chi connectivity index (χ2v) is 5.20. The molecule has 3 heteroatoms. The molecule has 0 aliphatic rings. The number of carbonyl (C=O) groups excluding carboxylic acids is 1. The summed E-state index contributed by atoms with van der Waals surface area (Å²) >= 11 is 0. The van der Waals surface area contributed by atoms with E-state index in [1.54, 1.807) is 0 Å². The number of nitrogens with zero attached hydrogens (tertiary/aromatic N) is 1. The zero-order valence-corrected chi connectivity index (χ0v) is 12.5. The minimum Gasteiger partial charge on any atom is -0.352 e. The Bertz CT molecular complexity index is 540. The highest BCUT2D eigenvalue weighted by atomic mass is 16.1. The molecule has 0 spiro atoms. The van der Waals surface area contributed by atoms with E-state index in [0.717, 1.165) is 25.1 Å². The van der Waals surface area contributed by atoms with E-state index < -0.39 is 0 Å². The zero-order valence-electron chi connectivity index (χ0n) is 12.5. The summed E-state index contributed by atoms with van der Waals surface area (Å²) in [6.45, 7) is 2.60. The summed E-state index contributed by atoms with van der Waals surface area (Å²) in [6.07, 6.45) is 0.946. The van der Waals surface area contributed by atoms with Crippen LogP contribution in [0.2, 0.25) is 0 Å². The Labute approximate surface area is 126 Å². The van der Waals surface area contributed by atoms with Crippen molar-refractivity contribution in [2.24, 2.45) is 0 Å². The van der Waals surface area contributed by atoms with Gasteiger partial charge in [0.15, 0.2) is 0 Å². The molecule has 0 aliphatic heterocycles. The van der Waals surface area contributed by atoms with Gasteiger partial charge in [-0.1, -0.05) is 48.5 Å². The van der Waals surface area contributed by atoms with Crippen LogP contribution in [0.15, 0.2) is 60.7 Å². The number of rotatable bonds is 7. The monoisotopic (exact) mass is 282 g/mol. The van der Waals surface area contributed by atoms with Crippen LogP contribution in [0.5, 0.6) is 0 Å². The first-order valence-electron chi connectivity index (χ1n) is 7.31. The number of hydrogen-bond acceptors (Lipinski definition) is 2. The van der Waals surface area contributed by atoms with Gasteiger partial charge in [0.25, 0.3) is 5.91 Å². The molecule has 0 unspecified atom stereocenters. The summed E-state index contributed by atoms with van der Waals surface area (Å²) in [5, 5.41) is 2.95. The quantitative estimate of drug-likeness (QED) is 0.792. The number of amides is 1. The molecule has 0 bridgehead atoms. The highest BCUT2D eigenvalue weighted by Crippen LogP contribution is 2.03. The van der Waals surface area contributed by atoms with Crippen LogP contribution in [-0.2, 0) is 6.54 Å². The van der Waals surface area contributed by atoms with E-state index in [0.29, 0.717) is 6.54 Å². The average Bonchev–Trinajstić information content (AvgIpc) is 2.53. The molecule has 0 fully saturated rings. The summed E-state index contributed by atoms with van der Waals surface area (Å²) in [7, 11) is 2.10. The van der Waals surface area contributed by atoms with Crippen molar-refractivity contribution in [1.82, 2.24) is 10.2 Å². The maximum atomic E-state index is 11.9. The third-order valence-corrected chi connectivity index (χ3v) is 3.33. The van der Waals surface area contributed by atoms with Crippen LogP contribution in [0.25, 0.3) is 0 Å². The number of hydrogen-bond donors (Lipinski definition) is 1. The first kappa shape index (κ1) is 15.3. The van der Waals surface area contributed by atoms with Gasteiger partial charge >= 0.3 is 0 Å². The molecule has 2 aromatic carbocycles. The number of benzene rings is 2. The van der Waals surface area contributed by atoms with Gasteiger partial charge in [-0.15, -0.1) is 0 Å². The van der Waals surface area contributed by atoms with Gasteiger partial charge in [-0.3, -0.25) is 4.79 Å². The summed E-state index contributed by atoms with van der Waals surface area (Å²) in [5.41, 5.74) is 2.03. The molecule has 0 aliphatic carbocycles. The van der Waals surface area contributed by atoms with Crippen molar-refractivity contribution in [1.29, 1.82) is 0 Å². The average molecular weight is 282 g/mol. The number of carbonyl (C=O) groups is 1. The van der Waals surface area contributed by atoms with Crippen LogP contribution in [0, 0.1) is 0 Å². The molecule has 0 atom stereocenters. The first-order chi connectivity index (χ1) is 10.3. The SMILES string of the molecule is CN(CCCNC(=O)c1ccccc1)Cc1ccccc1. The molecule has 0 radical (unpaired) electrons. The lowest BCUT2D eigenvalue weighted by Crippen LogP contribution is -2.28. The second kappa shape index (κ2) is 8.22. The second-order valence-electron chi connectivity index (χ2n) is 5.20. The fraction of sp³-hybridized carbons (Fsp3) is 0.278. The molecule has 0 saturated heterocycles. The molecule has 110 valence electrons. The van der Waals surface area contributed by atoms with Crippen molar-refractivity contribution in [2.75, 3.05) is 20.1 Å². The molecule has 1 N–H and O–H groups in total. The van der Waals surface area contributed by atoms with Gasteiger partial charge in [0.2, 0.25) is 0 Å². The van der Waals surface area contributed by atoms with Gasteiger partial charge in [-0.05, 0) is 37.7 Å². The van der Waals surface area contributed by atoms with E-state index in [9.17, 15) is 4.79 Å². The molecule has 0 saturated carbocycles. The molecule has 2 aromatic rings. The Morgan fingerprint density at radius 3 is 2.29 bits per heavy atom. The lowest BCUT2D eigenvalue weighted by molar-refractivity contribution is 0.0952. The van der Waals surface area contributed by atoms with Crippen LogP contribution in [0.1, 0.15) is 22.3 Å². The van der Waals surface area contributed by atoms with Gasteiger partial charge < -0.3 is 10.2 Å². The summed E-state index contributed by atoms with van der Waals surface area (Å²) < 4.78 is 0. The minimum atomic E-state index is 0.00122. The molecule has 1 amide bonds. The maximum Gasteiger partial charge on any atom is 0.251 e. The normalized spacial score (nSPS) is 10.6. The highest BCUT2D eigenvalue weighted by molar-refractivity contribution is 5.94. The van der Waals surface area contributed by atoms with Crippen molar-refractivity contribution in [3.05, 3.63) is 71.8 Å². The van der Waals surface area contributed by atoms with Crippen molar-refractivity contribution >= 4 is 5.91 Å². The zero-order chi connectivity index (χ0) is 14.9. The summed E-state index contributed by atoms with van der Waals surface area (Å²) in [6, 6.07) is 19.7. The molecule has 0 aromatic heterocycles. The molecule has 0 heterocycles. The van der Waals surface area contributed by atoms with E-state index >= 15 is 0 Å². The van der Waals surface area contributed by atoms with Gasteiger partial charge in [-0.2, -0.15) is 0 Å². The lowest BCUT2D eigenvalue weighted by atomic mass is 10.2. The standard InChI is InChI=1S/C18H22N2O/c1-20(15-16-9-4-2-5-10-16)14-8-13-19-18(21)17-11-6-3-7-12-17/h2-7,9-12H,8,13-15H2,1H3,(H,19,21). The third-order valence-electron chi connectivity index (χ3n) is 3.33. The Morgan fingerprint density at radius 2 is 1.62 bits per heavy atom. The topological polar surface area (TPSA) is 32.3 Å². The predicted octanol–water partition coefficient (Wildman–Crippen LogP) is 2.94. The molecular weight excluding hydrogens is 260 g/mol. The lowest BCUT2D eigenvalue weighted by Gasteiger charge is -2.16. The number of nitrogens with one attached hydrogen (secondary N) is 1. The van der Waals surface area contributed by atoms with Crippen molar-refractivity contribution in [3.8, 4) is 0 Å². The smallest absolute Gasteiger partial charge is 0.251 e. The van der Waals surface area contributed by atoms with E-state index in [1.165, 1.54) is 5.56 Å². The summed E-state index contributed by atoms with van der Waals surface area (Å²) in [5.74, 6) is 0.00122. The third kappa shape index (κ3) is 5.40. The largest absolute Gasteiger partial charge is 0.352 e. The Hall–Kier alpha value is -2.13. The van der Waals surface area contributed by atoms with Crippen LogP contribution in [-0.4, -0.2) is 30.9 Å². The maximum absolute atomic E-state index is 11.9. The van der Waals surface area contributed by atoms with Crippen LogP contribution in [0.3, 0.4) is 0 Å². The predicted molar refractivity (Wildman–Crippen MR) is 86.2 cm³/mol. The van der Waals surface area contributed by atoms with Gasteiger partial charge in [0.05, 0.1) is 0 Å². The molecular formula is C18H22N2O. The van der Waals surface area contributed by atoms with Crippen molar-refractivity contribution in [2.45, 2.75) is 13.0 Å².